The number of phosphoric ester groups is 1. The average molecular weight is 1660 g/mol. The highest BCUT2D eigenvalue weighted by Gasteiger charge is 2.65. The van der Waals surface area contributed by atoms with E-state index in [0.29, 0.717) is 0 Å². The average Bonchev–Trinajstić information content (AvgIpc) is 0.750. The molecule has 0 aliphatic carbocycles. The van der Waals surface area contributed by atoms with E-state index in [2.05, 4.69) is 5.32 Å². The lowest BCUT2D eigenvalue weighted by Crippen LogP contribution is -2.71. The first-order valence-corrected chi connectivity index (χ1v) is 35.8. The van der Waals surface area contributed by atoms with Crippen molar-refractivity contribution in [3.8, 4) is 0 Å². The third-order valence-electron chi connectivity index (χ3n) is 19.5. The zero-order valence-electron chi connectivity index (χ0n) is 58.1. The van der Waals surface area contributed by atoms with Crippen LogP contribution in [0.25, 0.3) is 0 Å². The maximum Gasteiger partial charge on any atom is 0.472 e. The highest BCUT2D eigenvalue weighted by atomic mass is 31.2. The molecule has 53 heteroatoms. The van der Waals surface area contributed by atoms with Gasteiger partial charge in [-0.05, 0) is 0 Å². The second-order valence-electron chi connectivity index (χ2n) is 27.2. The molecule has 0 aromatic heterocycles. The molecule has 0 aromatic carbocycles. The number of nitrogens with one attached hydrogen (secondary N) is 1. The molecule has 0 spiro atoms. The summed E-state index contributed by atoms with van der Waals surface area (Å²) >= 11 is 0. The number of hydrogen-bond donors (Lipinski definition) is 31. The summed E-state index contributed by atoms with van der Waals surface area (Å²) in [6.07, 6.45) is -97.1. The number of amides is 1. The smallest absolute Gasteiger partial charge is 0.472 e. The van der Waals surface area contributed by atoms with Crippen molar-refractivity contribution in [2.45, 2.75) is 277 Å². The van der Waals surface area contributed by atoms with Crippen LogP contribution in [0.15, 0.2) is 0 Å². The normalized spacial score (nSPS) is 47.0. The Morgan fingerprint density at radius 3 is 1.47 bits per heavy atom. The van der Waals surface area contributed by atoms with Gasteiger partial charge in [0.2, 0.25) is 5.91 Å². The molecule has 111 heavy (non-hydrogen) atoms. The van der Waals surface area contributed by atoms with E-state index in [1.165, 1.54) is 0 Å². The number of phosphoric acid groups is 1. The third kappa shape index (κ3) is 20.4. The van der Waals surface area contributed by atoms with Crippen molar-refractivity contribution in [2.24, 2.45) is 5.73 Å². The van der Waals surface area contributed by atoms with E-state index >= 15 is 0 Å². The van der Waals surface area contributed by atoms with Gasteiger partial charge >= 0.3 is 19.8 Å². The maximum absolute atomic E-state index is 13.4. The number of nitrogens with two attached hydrogens (primary N) is 1. The van der Waals surface area contributed by atoms with Gasteiger partial charge in [0.1, 0.15) is 195 Å². The first-order valence-electron chi connectivity index (χ1n) is 34.4. The van der Waals surface area contributed by atoms with Gasteiger partial charge < -0.3 is 230 Å². The van der Waals surface area contributed by atoms with Gasteiger partial charge in [-0.15, -0.1) is 0 Å². The van der Waals surface area contributed by atoms with Crippen LogP contribution in [0.1, 0.15) is 19.8 Å². The predicted molar refractivity (Wildman–Crippen MR) is 334 cm³/mol. The Bertz CT molecular complexity index is 2980. The third-order valence-corrected chi connectivity index (χ3v) is 20.6. The van der Waals surface area contributed by atoms with Crippen molar-refractivity contribution in [3.63, 3.8) is 0 Å². The molecule has 43 atom stereocenters. The minimum absolute atomic E-state index is 0.450. The molecule has 0 bridgehead atoms. The zero-order chi connectivity index (χ0) is 82.5. The van der Waals surface area contributed by atoms with Crippen LogP contribution >= 0.6 is 7.82 Å². The van der Waals surface area contributed by atoms with Gasteiger partial charge in [0.25, 0.3) is 11.6 Å². The van der Waals surface area contributed by atoms with Crippen molar-refractivity contribution >= 4 is 25.7 Å². The predicted octanol–water partition coefficient (Wildman–Crippen LogP) is -19.8. The summed E-state index contributed by atoms with van der Waals surface area (Å²) in [6.45, 7) is -11.0. The molecule has 0 aromatic rings. The second-order valence-corrected chi connectivity index (χ2v) is 28.6. The number of carbonyl (C=O) groups is 3. The summed E-state index contributed by atoms with van der Waals surface area (Å²) in [5, 5.41) is 312. The second kappa shape index (κ2) is 39.6. The van der Waals surface area contributed by atoms with Gasteiger partial charge in [-0.25, -0.2) is 14.2 Å². The number of aliphatic hydroxyl groups excluding tert-OH is 25. The van der Waals surface area contributed by atoms with Gasteiger partial charge in [0.15, 0.2) is 37.7 Å². The lowest BCUT2D eigenvalue weighted by Gasteiger charge is -2.53. The molecule has 8 heterocycles. The van der Waals surface area contributed by atoms with Crippen LogP contribution in [0.2, 0.25) is 0 Å². The maximum atomic E-state index is 13.4. The molecule has 8 fully saturated rings. The number of carboxylic acid groups (broad SMARTS) is 2. The Hall–Kier alpha value is -3.16. The fourth-order valence-electron chi connectivity index (χ4n) is 13.7. The minimum Gasteiger partial charge on any atom is -0.477 e. The Balaban J connectivity index is 1.25. The highest BCUT2D eigenvalue weighted by Crippen LogP contribution is 2.48. The molecular formula is C58H99N2O50P. The summed E-state index contributed by atoms with van der Waals surface area (Å²) in [6, 6.07) is -2.01. The van der Waals surface area contributed by atoms with E-state index in [-0.39, 0.29) is 0 Å². The van der Waals surface area contributed by atoms with E-state index < -0.39 is 361 Å². The summed E-state index contributed by atoms with van der Waals surface area (Å²) < 4.78 is 111. The molecule has 646 valence electrons. The van der Waals surface area contributed by atoms with Crippen LogP contribution < -0.4 is 11.1 Å². The monoisotopic (exact) mass is 1650 g/mol. The Labute approximate surface area is 624 Å². The molecule has 0 saturated carbocycles. The molecule has 0 radical (unpaired) electrons. The zero-order valence-corrected chi connectivity index (χ0v) is 59.0. The molecule has 8 aliphatic heterocycles. The van der Waals surface area contributed by atoms with Crippen LogP contribution in [-0.2, 0) is 99.0 Å². The number of carbonyl (C=O) groups excluding carboxylic acids is 1. The largest absolute Gasteiger partial charge is 0.477 e. The SMILES string of the molecule is CC(=O)N[C@H]1[C@@H](O[C@@H]2[C@@H](O[C@@H]3[C@H](O)[C@@H](O[C@H]4[C@@H]([C@H](O)CO)O[C@@](O)(C(=O)O)C[C@H]4O[C@]4(C(=O)O)C[C@@H](O)[C@@H](O)[C@@H]([C@H](O)CO)O4)O[C@H]([C@@H](O)CO)[C@H]3O[C@@H]3O[C@H](CO)[C@@H](O[C@@H]4O[C@H](CO)[C@@H](O)[C@H](O[C@H]5O[C@H](CO)[C@@H](O)[C@H](O)[C@H]5O)[C@H]4O)[C@H](O)[C@H]3O)O[C@H]([C@H](CO)OP(=O)(O)OCCN)[C@@H](O)[C@@H]2O)O[C@H](CO)[C@@H](O)[C@@H]1O. The van der Waals surface area contributed by atoms with Crippen LogP contribution in [0.3, 0.4) is 0 Å². The first kappa shape index (κ1) is 93.3. The van der Waals surface area contributed by atoms with Crippen LogP contribution in [0.5, 0.6) is 0 Å². The van der Waals surface area contributed by atoms with Gasteiger partial charge in [0, 0.05) is 26.3 Å². The number of hydrogen-bond acceptors (Lipinski definition) is 48. The fourth-order valence-corrected chi connectivity index (χ4v) is 14.6. The van der Waals surface area contributed by atoms with Gasteiger partial charge in [-0.3, -0.25) is 13.8 Å². The lowest BCUT2D eigenvalue weighted by atomic mass is 9.89. The van der Waals surface area contributed by atoms with Crippen LogP contribution in [0.4, 0.5) is 0 Å². The lowest BCUT2D eigenvalue weighted by molar-refractivity contribution is -0.420. The van der Waals surface area contributed by atoms with Crippen molar-refractivity contribution in [2.75, 3.05) is 66.0 Å². The Kier molecular flexibility index (Phi) is 33.3. The number of aliphatic hydroxyl groups is 26. The quantitative estimate of drug-likeness (QED) is 0.0266. The summed E-state index contributed by atoms with van der Waals surface area (Å²) in [4.78, 5) is 49.8. The van der Waals surface area contributed by atoms with Crippen molar-refractivity contribution in [1.82, 2.24) is 5.32 Å². The van der Waals surface area contributed by atoms with Crippen molar-refractivity contribution in [3.05, 3.63) is 0 Å². The number of rotatable bonds is 34. The standard InChI is InChI=1S/C58H99N2O50P/c1-14(69)60-25-30(78)27(75)20(9-64)95-49(25)105-47-33(81)32(80)43(24(13-68)110-111(92,93)94-3-2-59)101-54(47)104-46-38(86)53(102-44-19(5-57(91,55(87)88)108-41(44)18(73)8-63)107-58(56(89)90)4-15(70)26(74)39(109-58)16(71)6-61)99-40(17(72)7-62)48(46)106-51-36(84)34(82)42(23(12-67)98-51)100-52-37(85)45(29(77)22(11-66)97-52)103-50-35(83)31(79)28(76)21(10-65)96-50/h15-54,61-68,70-86,91H,2-13,59H2,1H3,(H,60,69)(H,87,88)(H,89,90)(H,92,93)/t15-,16-,17+,18-,19-,20-,21-,22-,23-,24+,25-,26-,27-,28-,29-,30-,31+,32+,33+,34-,35-,36-,37-,38+,39-,40-,41-,42-,43-,44-,45+,46-,47+,48-,49-,50-,51+,52+,53-,54-,57-,58-/m1/s1. The van der Waals surface area contributed by atoms with Gasteiger partial charge in [-0.2, -0.15) is 0 Å². The molecule has 32 N–H and O–H groups in total. The molecular weight excluding hydrogens is 1560 g/mol. The summed E-state index contributed by atoms with van der Waals surface area (Å²) in [5.41, 5.74) is 5.42. The molecule has 8 rings (SSSR count). The minimum atomic E-state index is -5.48. The highest BCUT2D eigenvalue weighted by molar-refractivity contribution is 7.47. The Morgan fingerprint density at radius 1 is 0.459 bits per heavy atom. The van der Waals surface area contributed by atoms with Crippen LogP contribution in [0, 0.1) is 0 Å². The van der Waals surface area contributed by atoms with Gasteiger partial charge in [-0.1, -0.05) is 0 Å². The topological polar surface area (TPSA) is 850 Å². The van der Waals surface area contributed by atoms with E-state index in [0.717, 1.165) is 6.92 Å². The van der Waals surface area contributed by atoms with Crippen molar-refractivity contribution in [1.29, 1.82) is 0 Å². The summed E-state index contributed by atoms with van der Waals surface area (Å²) in [7, 11) is -5.48. The molecule has 8 aliphatic rings. The number of carboxylic acids is 2. The van der Waals surface area contributed by atoms with E-state index in [4.69, 9.17) is 85.8 Å². The van der Waals surface area contributed by atoms with Gasteiger partial charge in [0.05, 0.1) is 71.7 Å². The van der Waals surface area contributed by atoms with Crippen LogP contribution in [-0.4, -0.2) is 489 Å². The van der Waals surface area contributed by atoms with E-state index in [1.807, 2.05) is 0 Å². The Morgan fingerprint density at radius 2 is 0.919 bits per heavy atom. The fraction of sp³-hybridized carbons (Fsp3) is 0.948. The van der Waals surface area contributed by atoms with E-state index in [1.54, 1.807) is 0 Å². The number of aliphatic carboxylic acids is 2. The van der Waals surface area contributed by atoms with Crippen molar-refractivity contribution < 1.29 is 247 Å². The molecule has 1 amide bonds. The van der Waals surface area contributed by atoms with E-state index in [9.17, 15) is 167 Å². The molecule has 52 nitrogen and oxygen atoms in total. The number of ether oxygens (including phenoxy) is 15. The summed E-state index contributed by atoms with van der Waals surface area (Å²) in [5.74, 6) is -12.9. The molecule has 8 saturated heterocycles. The molecule has 1 unspecified atom stereocenters. The first-order chi connectivity index (χ1) is 52.2.